The number of rotatable bonds is 3. The molecule has 1 aromatic carbocycles. The van der Waals surface area contributed by atoms with Crippen molar-refractivity contribution in [3.05, 3.63) is 29.3 Å². The molecule has 166 valence electrons. The molecule has 0 unspecified atom stereocenters. The number of aliphatic hydroxyl groups is 1. The summed E-state index contributed by atoms with van der Waals surface area (Å²) in [6, 6.07) is 4.28. The third kappa shape index (κ3) is 9.37. The number of aliphatic hydroxyl groups excluding tert-OH is 1. The van der Waals surface area contributed by atoms with E-state index in [0.717, 1.165) is 0 Å². The summed E-state index contributed by atoms with van der Waals surface area (Å²) in [5.41, 5.74) is -0.877. The third-order valence-corrected chi connectivity index (χ3v) is 3.06. The summed E-state index contributed by atoms with van der Waals surface area (Å²) < 4.78 is 15.0. The van der Waals surface area contributed by atoms with Gasteiger partial charge in [0.1, 0.15) is 11.2 Å². The molecule has 1 rings (SSSR count). The minimum Gasteiger partial charge on any atom is -0.465 e. The zero-order chi connectivity index (χ0) is 23.1. The quantitative estimate of drug-likeness (QED) is 0.294. The second-order valence-corrected chi connectivity index (χ2v) is 8.25. The van der Waals surface area contributed by atoms with E-state index >= 15 is 0 Å². The number of nitrogens with zero attached hydrogens (tertiary/aromatic N) is 1. The van der Waals surface area contributed by atoms with Gasteiger partial charge in [-0.1, -0.05) is 0 Å². The molecule has 0 aliphatic rings. The number of alkyl carbamates (subject to hydrolysis) is 2. The van der Waals surface area contributed by atoms with Gasteiger partial charge >= 0.3 is 18.2 Å². The number of hydrogen-bond donors (Lipinski definition) is 3. The van der Waals surface area contributed by atoms with Crippen LogP contribution in [0.25, 0.3) is 0 Å². The molecule has 0 aromatic heterocycles. The van der Waals surface area contributed by atoms with Crippen LogP contribution in [0.5, 0.6) is 0 Å². The van der Waals surface area contributed by atoms with Gasteiger partial charge < -0.3 is 19.3 Å². The zero-order valence-corrected chi connectivity index (χ0v) is 18.3. The monoisotopic (exact) mass is 423 g/mol. The van der Waals surface area contributed by atoms with Crippen molar-refractivity contribution in [3.63, 3.8) is 0 Å². The third-order valence-electron chi connectivity index (χ3n) is 3.06. The van der Waals surface area contributed by atoms with Crippen molar-refractivity contribution < 1.29 is 33.7 Å². The minimum absolute atomic E-state index is 0.136. The standard InChI is InChI=1S/C20H29N3O7/c1-19(2,3)29-17(26)22-16(23-18(27)30-20(4,5)6)21-14-9-12(11-24)8-13(10-14)15(25)28-7/h8-10,24H,11H2,1-7H3,(H2,21,22,23,26,27). The number of esters is 1. The molecule has 0 saturated carbocycles. The van der Waals surface area contributed by atoms with Crippen LogP contribution in [0, 0.1) is 0 Å². The van der Waals surface area contributed by atoms with Crippen LogP contribution in [-0.2, 0) is 20.8 Å². The zero-order valence-electron chi connectivity index (χ0n) is 18.3. The molecule has 10 heteroatoms. The molecule has 0 aliphatic heterocycles. The minimum atomic E-state index is -0.858. The largest absolute Gasteiger partial charge is 0.465 e. The number of guanidine groups is 1. The van der Waals surface area contributed by atoms with Crippen LogP contribution in [0.1, 0.15) is 57.5 Å². The molecular weight excluding hydrogens is 394 g/mol. The highest BCUT2D eigenvalue weighted by atomic mass is 16.6. The molecule has 2 amide bonds. The molecule has 0 saturated heterocycles. The lowest BCUT2D eigenvalue weighted by molar-refractivity contribution is 0.0541. The SMILES string of the molecule is COC(=O)c1cc(CO)cc(N=C(NC(=O)OC(C)(C)C)NC(=O)OC(C)(C)C)c1. The Bertz CT molecular complexity index is 789. The summed E-state index contributed by atoms with van der Waals surface area (Å²) in [4.78, 5) is 40.3. The van der Waals surface area contributed by atoms with Crippen LogP contribution in [0.3, 0.4) is 0 Å². The van der Waals surface area contributed by atoms with Crippen LogP contribution >= 0.6 is 0 Å². The predicted molar refractivity (Wildman–Crippen MR) is 110 cm³/mol. The molecule has 0 atom stereocenters. The number of hydrogen-bond acceptors (Lipinski definition) is 8. The second-order valence-electron chi connectivity index (χ2n) is 8.25. The van der Waals surface area contributed by atoms with Crippen molar-refractivity contribution in [2.45, 2.75) is 59.4 Å². The number of amides is 2. The van der Waals surface area contributed by atoms with E-state index in [-0.39, 0.29) is 23.8 Å². The lowest BCUT2D eigenvalue weighted by Crippen LogP contribution is -2.47. The van der Waals surface area contributed by atoms with E-state index in [1.807, 2.05) is 0 Å². The molecule has 0 bridgehead atoms. The molecule has 30 heavy (non-hydrogen) atoms. The van der Waals surface area contributed by atoms with Crippen LogP contribution in [0.4, 0.5) is 15.3 Å². The molecule has 3 N–H and O–H groups in total. The van der Waals surface area contributed by atoms with Crippen molar-refractivity contribution in [2.24, 2.45) is 4.99 Å². The number of carbonyl (C=O) groups excluding carboxylic acids is 3. The van der Waals surface area contributed by atoms with E-state index in [1.54, 1.807) is 41.5 Å². The van der Waals surface area contributed by atoms with E-state index in [2.05, 4.69) is 20.4 Å². The average molecular weight is 423 g/mol. The lowest BCUT2D eigenvalue weighted by atomic mass is 10.1. The Morgan fingerprint density at radius 1 is 0.933 bits per heavy atom. The highest BCUT2D eigenvalue weighted by Gasteiger charge is 2.21. The summed E-state index contributed by atoms with van der Waals surface area (Å²) in [5, 5.41) is 14.1. The second kappa shape index (κ2) is 10.1. The van der Waals surface area contributed by atoms with Gasteiger partial charge in [0.05, 0.1) is 25.0 Å². The Morgan fingerprint density at radius 3 is 1.83 bits per heavy atom. The molecule has 1 aromatic rings. The summed E-state index contributed by atoms with van der Waals surface area (Å²) in [6.45, 7) is 9.71. The summed E-state index contributed by atoms with van der Waals surface area (Å²) in [6.07, 6.45) is -1.72. The number of carbonyl (C=O) groups is 3. The smallest absolute Gasteiger partial charge is 0.414 e. The van der Waals surface area contributed by atoms with E-state index in [9.17, 15) is 19.5 Å². The lowest BCUT2D eigenvalue weighted by Gasteiger charge is -2.22. The molecule has 0 aliphatic carbocycles. The topological polar surface area (TPSA) is 136 Å². The average Bonchev–Trinajstić information content (AvgIpc) is 2.56. The Hall–Kier alpha value is -3.14. The van der Waals surface area contributed by atoms with Gasteiger partial charge in [-0.3, -0.25) is 10.6 Å². The van der Waals surface area contributed by atoms with Crippen LogP contribution in [-0.4, -0.2) is 47.5 Å². The van der Waals surface area contributed by atoms with Gasteiger partial charge in [-0.15, -0.1) is 0 Å². The molecule has 0 spiro atoms. The fourth-order valence-corrected chi connectivity index (χ4v) is 2.08. The van der Waals surface area contributed by atoms with Crippen molar-refractivity contribution in [1.82, 2.24) is 10.6 Å². The number of ether oxygens (including phenoxy) is 3. The van der Waals surface area contributed by atoms with Crippen LogP contribution in [0.2, 0.25) is 0 Å². The van der Waals surface area contributed by atoms with E-state index in [1.165, 1.54) is 25.3 Å². The van der Waals surface area contributed by atoms with E-state index in [4.69, 9.17) is 9.47 Å². The van der Waals surface area contributed by atoms with Gasteiger partial charge in [-0.25, -0.2) is 19.4 Å². The molecule has 0 radical (unpaired) electrons. The Morgan fingerprint density at radius 2 is 1.43 bits per heavy atom. The summed E-state index contributed by atoms with van der Waals surface area (Å²) in [5.74, 6) is -0.923. The first-order valence-corrected chi connectivity index (χ1v) is 9.14. The highest BCUT2D eigenvalue weighted by Crippen LogP contribution is 2.19. The van der Waals surface area contributed by atoms with Gasteiger partial charge in [0.2, 0.25) is 5.96 Å². The van der Waals surface area contributed by atoms with Crippen molar-refractivity contribution in [1.29, 1.82) is 0 Å². The van der Waals surface area contributed by atoms with Gasteiger partial charge in [0.15, 0.2) is 0 Å². The van der Waals surface area contributed by atoms with Crippen molar-refractivity contribution in [2.75, 3.05) is 7.11 Å². The fourth-order valence-electron chi connectivity index (χ4n) is 2.08. The maximum absolute atomic E-state index is 12.2. The molecule has 0 fully saturated rings. The number of nitrogens with one attached hydrogen (secondary N) is 2. The number of methoxy groups -OCH3 is 1. The first-order valence-electron chi connectivity index (χ1n) is 9.14. The van der Waals surface area contributed by atoms with Gasteiger partial charge in [0, 0.05) is 0 Å². The molecule has 10 nitrogen and oxygen atoms in total. The maximum Gasteiger partial charge on any atom is 0.414 e. The van der Waals surface area contributed by atoms with Gasteiger partial charge in [-0.2, -0.15) is 0 Å². The van der Waals surface area contributed by atoms with Gasteiger partial charge in [0.25, 0.3) is 0 Å². The van der Waals surface area contributed by atoms with E-state index < -0.39 is 29.4 Å². The summed E-state index contributed by atoms with van der Waals surface area (Å²) >= 11 is 0. The highest BCUT2D eigenvalue weighted by molar-refractivity contribution is 6.02. The normalized spacial score (nSPS) is 11.2. The number of benzene rings is 1. The predicted octanol–water partition coefficient (Wildman–Crippen LogP) is 3.00. The Labute approximate surface area is 175 Å². The van der Waals surface area contributed by atoms with Crippen molar-refractivity contribution in [3.8, 4) is 0 Å². The van der Waals surface area contributed by atoms with Crippen LogP contribution in [0.15, 0.2) is 23.2 Å². The Kier molecular flexibility index (Phi) is 8.35. The number of aliphatic imine (C=N–C) groups is 1. The summed E-state index contributed by atoms with van der Waals surface area (Å²) in [7, 11) is 1.22. The van der Waals surface area contributed by atoms with Crippen molar-refractivity contribution >= 4 is 29.8 Å². The first kappa shape index (κ1) is 24.9. The van der Waals surface area contributed by atoms with Crippen LogP contribution < -0.4 is 10.6 Å². The van der Waals surface area contributed by atoms with E-state index in [0.29, 0.717) is 5.56 Å². The molecular formula is C20H29N3O7. The fraction of sp³-hybridized carbons (Fsp3) is 0.500. The first-order chi connectivity index (χ1) is 13.7. The van der Waals surface area contributed by atoms with Gasteiger partial charge in [-0.05, 0) is 65.3 Å². The molecule has 0 heterocycles. The Balaban J connectivity index is 3.28. The maximum atomic E-state index is 12.2.